The van der Waals surface area contributed by atoms with Crippen LogP contribution in [0.4, 0.5) is 0 Å². The Hall–Kier alpha value is -3.08. The highest BCUT2D eigenvalue weighted by Crippen LogP contribution is 2.36. The van der Waals surface area contributed by atoms with Crippen LogP contribution in [-0.2, 0) is 11.3 Å². The maximum Gasteiger partial charge on any atom is 0.216 e. The molecule has 1 amide bonds. The largest absolute Gasteiger partial charge is 0.496 e. The van der Waals surface area contributed by atoms with Gasteiger partial charge in [0.15, 0.2) is 0 Å². The van der Waals surface area contributed by atoms with Crippen molar-refractivity contribution in [2.24, 2.45) is 0 Å². The Balaban J connectivity index is 2.12. The first-order valence-electron chi connectivity index (χ1n) is 9.02. The minimum Gasteiger partial charge on any atom is -0.496 e. The van der Waals surface area contributed by atoms with Crippen molar-refractivity contribution in [3.05, 3.63) is 59.9 Å². The number of nitrogens with zero attached hydrogens (tertiary/aromatic N) is 2. The minimum atomic E-state index is -0.0311. The second kappa shape index (κ2) is 8.08. The SMILES string of the molecule is COc1ccc(-c2c(-c3ccccc3)ncn2CCNC(C)=O)c(C)c1C. The van der Waals surface area contributed by atoms with Crippen LogP contribution >= 0.6 is 0 Å². The van der Waals surface area contributed by atoms with E-state index in [1.165, 1.54) is 6.92 Å². The molecule has 27 heavy (non-hydrogen) atoms. The molecule has 5 heteroatoms. The molecule has 0 unspecified atom stereocenters. The smallest absolute Gasteiger partial charge is 0.216 e. The van der Waals surface area contributed by atoms with E-state index < -0.39 is 0 Å². The molecule has 1 N–H and O–H groups in total. The number of amides is 1. The Morgan fingerprint density at radius 3 is 2.52 bits per heavy atom. The highest BCUT2D eigenvalue weighted by atomic mass is 16.5. The van der Waals surface area contributed by atoms with E-state index in [-0.39, 0.29) is 5.91 Å². The summed E-state index contributed by atoms with van der Waals surface area (Å²) in [5, 5.41) is 2.86. The number of methoxy groups -OCH3 is 1. The van der Waals surface area contributed by atoms with E-state index >= 15 is 0 Å². The van der Waals surface area contributed by atoms with Crippen molar-refractivity contribution < 1.29 is 9.53 Å². The van der Waals surface area contributed by atoms with Gasteiger partial charge in [0.05, 0.1) is 24.8 Å². The second-order valence-corrected chi connectivity index (χ2v) is 6.55. The molecular weight excluding hydrogens is 338 g/mol. The highest BCUT2D eigenvalue weighted by Gasteiger charge is 2.18. The van der Waals surface area contributed by atoms with Crippen LogP contribution in [0.3, 0.4) is 0 Å². The van der Waals surface area contributed by atoms with Crippen molar-refractivity contribution in [1.29, 1.82) is 0 Å². The van der Waals surface area contributed by atoms with Gasteiger partial charge in [0.2, 0.25) is 5.91 Å². The summed E-state index contributed by atoms with van der Waals surface area (Å²) in [4.78, 5) is 15.9. The van der Waals surface area contributed by atoms with E-state index in [0.717, 1.165) is 39.4 Å². The van der Waals surface area contributed by atoms with E-state index in [4.69, 9.17) is 9.72 Å². The number of hydrogen-bond donors (Lipinski definition) is 1. The molecule has 3 aromatic rings. The molecule has 0 atom stereocenters. The first-order valence-corrected chi connectivity index (χ1v) is 9.02. The molecule has 0 saturated heterocycles. The third-order valence-corrected chi connectivity index (χ3v) is 4.82. The van der Waals surface area contributed by atoms with Crippen LogP contribution in [0.15, 0.2) is 48.8 Å². The zero-order chi connectivity index (χ0) is 19.4. The van der Waals surface area contributed by atoms with E-state index in [1.807, 2.05) is 30.6 Å². The molecule has 0 aliphatic carbocycles. The molecule has 0 bridgehead atoms. The fourth-order valence-corrected chi connectivity index (χ4v) is 3.27. The van der Waals surface area contributed by atoms with Gasteiger partial charge < -0.3 is 14.6 Å². The molecule has 5 nitrogen and oxygen atoms in total. The Bertz CT molecular complexity index is 946. The average molecular weight is 363 g/mol. The van der Waals surface area contributed by atoms with Crippen molar-refractivity contribution >= 4 is 5.91 Å². The first-order chi connectivity index (χ1) is 13.0. The number of imidazole rings is 1. The molecule has 3 rings (SSSR count). The van der Waals surface area contributed by atoms with E-state index in [1.54, 1.807) is 7.11 Å². The zero-order valence-electron chi connectivity index (χ0n) is 16.2. The molecule has 0 saturated carbocycles. The molecule has 0 radical (unpaired) electrons. The number of carbonyl (C=O) groups excluding carboxylic acids is 1. The summed E-state index contributed by atoms with van der Waals surface area (Å²) in [7, 11) is 1.69. The summed E-state index contributed by atoms with van der Waals surface area (Å²) in [6.45, 7) is 6.91. The summed E-state index contributed by atoms with van der Waals surface area (Å²) in [5.41, 5.74) is 6.45. The van der Waals surface area contributed by atoms with Gasteiger partial charge in [0, 0.05) is 31.1 Å². The van der Waals surface area contributed by atoms with Gasteiger partial charge in [-0.3, -0.25) is 4.79 Å². The fraction of sp³-hybridized carbons (Fsp3) is 0.273. The van der Waals surface area contributed by atoms with Gasteiger partial charge >= 0.3 is 0 Å². The monoisotopic (exact) mass is 363 g/mol. The lowest BCUT2D eigenvalue weighted by Crippen LogP contribution is -2.24. The number of carbonyl (C=O) groups is 1. The molecule has 0 spiro atoms. The van der Waals surface area contributed by atoms with E-state index in [0.29, 0.717) is 13.1 Å². The summed E-state index contributed by atoms with van der Waals surface area (Å²) < 4.78 is 7.57. The number of rotatable bonds is 6. The highest BCUT2D eigenvalue weighted by molar-refractivity contribution is 5.81. The normalized spacial score (nSPS) is 10.7. The quantitative estimate of drug-likeness (QED) is 0.721. The number of nitrogens with one attached hydrogen (secondary N) is 1. The Morgan fingerprint density at radius 2 is 1.85 bits per heavy atom. The van der Waals surface area contributed by atoms with Crippen molar-refractivity contribution in [2.45, 2.75) is 27.3 Å². The topological polar surface area (TPSA) is 56.1 Å². The molecule has 0 aliphatic rings. The zero-order valence-corrected chi connectivity index (χ0v) is 16.2. The Kier molecular flexibility index (Phi) is 5.60. The fourth-order valence-electron chi connectivity index (χ4n) is 3.27. The second-order valence-electron chi connectivity index (χ2n) is 6.55. The third-order valence-electron chi connectivity index (χ3n) is 4.82. The van der Waals surface area contributed by atoms with Crippen molar-refractivity contribution in [3.63, 3.8) is 0 Å². The average Bonchev–Trinajstić information content (AvgIpc) is 3.08. The number of hydrogen-bond acceptors (Lipinski definition) is 3. The summed E-state index contributed by atoms with van der Waals surface area (Å²) in [6, 6.07) is 14.2. The van der Waals surface area contributed by atoms with Crippen LogP contribution in [0, 0.1) is 13.8 Å². The predicted octanol–water partition coefficient (Wildman–Crippen LogP) is 3.98. The van der Waals surface area contributed by atoms with Gasteiger partial charge in [-0.05, 0) is 37.1 Å². The standard InChI is InChI=1S/C22H25N3O2/c1-15-16(2)20(27-4)11-10-19(15)22-21(18-8-6-5-7-9-18)24-14-25(22)13-12-23-17(3)26/h5-11,14H,12-13H2,1-4H3,(H,23,26). The first kappa shape index (κ1) is 18.7. The summed E-state index contributed by atoms with van der Waals surface area (Å²) in [6.07, 6.45) is 1.85. The van der Waals surface area contributed by atoms with Gasteiger partial charge in [0.1, 0.15) is 5.75 Å². The third kappa shape index (κ3) is 3.87. The number of benzene rings is 2. The lowest BCUT2D eigenvalue weighted by molar-refractivity contribution is -0.118. The van der Waals surface area contributed by atoms with Gasteiger partial charge in [-0.15, -0.1) is 0 Å². The molecule has 1 aromatic heterocycles. The molecule has 2 aromatic carbocycles. The van der Waals surface area contributed by atoms with E-state index in [9.17, 15) is 4.79 Å². The van der Waals surface area contributed by atoms with Gasteiger partial charge in [-0.1, -0.05) is 30.3 Å². The van der Waals surface area contributed by atoms with Gasteiger partial charge in [0.25, 0.3) is 0 Å². The molecular formula is C22H25N3O2. The summed E-state index contributed by atoms with van der Waals surface area (Å²) >= 11 is 0. The van der Waals surface area contributed by atoms with Crippen LogP contribution in [0.5, 0.6) is 5.75 Å². The van der Waals surface area contributed by atoms with Crippen molar-refractivity contribution in [2.75, 3.05) is 13.7 Å². The lowest BCUT2D eigenvalue weighted by atomic mass is 9.97. The maximum absolute atomic E-state index is 11.2. The number of aromatic nitrogens is 2. The van der Waals surface area contributed by atoms with Crippen molar-refractivity contribution in [3.8, 4) is 28.3 Å². The van der Waals surface area contributed by atoms with Crippen LogP contribution in [0.1, 0.15) is 18.1 Å². The molecule has 0 aliphatic heterocycles. The van der Waals surface area contributed by atoms with Crippen LogP contribution < -0.4 is 10.1 Å². The molecule has 0 fully saturated rings. The summed E-state index contributed by atoms with van der Waals surface area (Å²) in [5.74, 6) is 0.846. The van der Waals surface area contributed by atoms with Crippen LogP contribution in [-0.4, -0.2) is 29.1 Å². The Morgan fingerprint density at radius 1 is 1.11 bits per heavy atom. The molecule has 1 heterocycles. The molecule has 140 valence electrons. The Labute approximate surface area is 160 Å². The van der Waals surface area contributed by atoms with Crippen LogP contribution in [0.25, 0.3) is 22.5 Å². The predicted molar refractivity (Wildman–Crippen MR) is 108 cm³/mol. The van der Waals surface area contributed by atoms with E-state index in [2.05, 4.69) is 41.9 Å². The maximum atomic E-state index is 11.2. The van der Waals surface area contributed by atoms with Crippen molar-refractivity contribution in [1.82, 2.24) is 14.9 Å². The number of ether oxygens (including phenoxy) is 1. The van der Waals surface area contributed by atoms with Crippen LogP contribution in [0.2, 0.25) is 0 Å². The van der Waals surface area contributed by atoms with Gasteiger partial charge in [-0.2, -0.15) is 0 Å². The minimum absolute atomic E-state index is 0.0311. The van der Waals surface area contributed by atoms with Gasteiger partial charge in [-0.25, -0.2) is 4.98 Å². The lowest BCUT2D eigenvalue weighted by Gasteiger charge is -2.16.